The molecule has 0 aromatic carbocycles. The number of unbranched alkanes of at least 4 members (excludes halogenated alkanes) is 1. The summed E-state index contributed by atoms with van der Waals surface area (Å²) in [6.45, 7) is 4.34. The molecule has 0 spiro atoms. The minimum Gasteiger partial charge on any atom is -0.345 e. The van der Waals surface area contributed by atoms with Crippen LogP contribution in [0.15, 0.2) is 6.20 Å². The van der Waals surface area contributed by atoms with Gasteiger partial charge in [-0.3, -0.25) is 0 Å². The Kier molecular flexibility index (Phi) is 4.66. The summed E-state index contributed by atoms with van der Waals surface area (Å²) in [4.78, 5) is 7.59. The van der Waals surface area contributed by atoms with E-state index >= 15 is 0 Å². The second kappa shape index (κ2) is 5.81. The molecule has 0 aliphatic rings. The number of aromatic amines is 1. The van der Waals surface area contributed by atoms with Crippen LogP contribution in [0.1, 0.15) is 57.1 Å². The zero-order valence-electron chi connectivity index (χ0n) is 9.21. The number of aryl methyl sites for hydroxylation is 1. The summed E-state index contributed by atoms with van der Waals surface area (Å²) >= 11 is 0. The monoisotopic (exact) mass is 195 g/mol. The summed E-state index contributed by atoms with van der Waals surface area (Å²) < 4.78 is 0. The normalized spacial score (nSPS) is 13.1. The van der Waals surface area contributed by atoms with Crippen LogP contribution in [0.2, 0.25) is 0 Å². The van der Waals surface area contributed by atoms with Crippen LogP contribution >= 0.6 is 0 Å². The number of rotatable bonds is 6. The molecule has 0 aliphatic carbocycles. The lowest BCUT2D eigenvalue weighted by Gasteiger charge is -2.06. The Labute approximate surface area is 86.1 Å². The zero-order chi connectivity index (χ0) is 10.4. The molecule has 3 nitrogen and oxygen atoms in total. The first-order valence-electron chi connectivity index (χ1n) is 5.57. The minimum absolute atomic E-state index is 0.0838. The fourth-order valence-electron chi connectivity index (χ4n) is 1.52. The molecule has 1 unspecified atom stereocenters. The van der Waals surface area contributed by atoms with Crippen LogP contribution in [0.5, 0.6) is 0 Å². The van der Waals surface area contributed by atoms with E-state index in [1.54, 1.807) is 0 Å². The Morgan fingerprint density at radius 3 is 2.86 bits per heavy atom. The van der Waals surface area contributed by atoms with Gasteiger partial charge in [-0.1, -0.05) is 33.1 Å². The molecule has 0 aliphatic heterocycles. The van der Waals surface area contributed by atoms with E-state index < -0.39 is 0 Å². The first-order chi connectivity index (χ1) is 6.77. The Hall–Kier alpha value is -0.830. The van der Waals surface area contributed by atoms with Gasteiger partial charge < -0.3 is 10.7 Å². The number of H-pyrrole nitrogens is 1. The van der Waals surface area contributed by atoms with Crippen LogP contribution in [0.4, 0.5) is 0 Å². The van der Waals surface area contributed by atoms with E-state index in [0.29, 0.717) is 0 Å². The average Bonchev–Trinajstić information content (AvgIpc) is 2.63. The zero-order valence-corrected chi connectivity index (χ0v) is 9.21. The lowest BCUT2D eigenvalue weighted by atomic mass is 10.1. The highest BCUT2D eigenvalue weighted by molar-refractivity contribution is 5.04. The van der Waals surface area contributed by atoms with Gasteiger partial charge in [0.15, 0.2) is 0 Å². The van der Waals surface area contributed by atoms with E-state index in [2.05, 4.69) is 23.8 Å². The van der Waals surface area contributed by atoms with Crippen LogP contribution in [-0.2, 0) is 6.42 Å². The van der Waals surface area contributed by atoms with Gasteiger partial charge in [0, 0.05) is 11.9 Å². The number of nitrogens with zero attached hydrogens (tertiary/aromatic N) is 1. The van der Waals surface area contributed by atoms with Crippen molar-refractivity contribution in [1.82, 2.24) is 9.97 Å². The molecule has 0 amide bonds. The summed E-state index contributed by atoms with van der Waals surface area (Å²) in [7, 11) is 0. The van der Waals surface area contributed by atoms with Gasteiger partial charge in [-0.2, -0.15) is 0 Å². The van der Waals surface area contributed by atoms with E-state index in [0.717, 1.165) is 25.1 Å². The third kappa shape index (κ3) is 3.14. The van der Waals surface area contributed by atoms with Crippen molar-refractivity contribution in [2.75, 3.05) is 0 Å². The topological polar surface area (TPSA) is 54.7 Å². The molecule has 0 bridgehead atoms. The molecule has 0 fully saturated rings. The van der Waals surface area contributed by atoms with Gasteiger partial charge in [-0.25, -0.2) is 4.98 Å². The minimum atomic E-state index is 0.0838. The van der Waals surface area contributed by atoms with Crippen LogP contribution in [0.3, 0.4) is 0 Å². The van der Waals surface area contributed by atoms with E-state index in [4.69, 9.17) is 5.73 Å². The molecule has 1 aromatic rings. The number of nitrogens with one attached hydrogen (secondary N) is 1. The van der Waals surface area contributed by atoms with Gasteiger partial charge in [-0.05, 0) is 12.8 Å². The Bertz CT molecular complexity index is 255. The number of imidazole rings is 1. The van der Waals surface area contributed by atoms with Crippen LogP contribution in [0, 0.1) is 0 Å². The van der Waals surface area contributed by atoms with Gasteiger partial charge in [0.25, 0.3) is 0 Å². The fraction of sp³-hybridized carbons (Fsp3) is 0.727. The van der Waals surface area contributed by atoms with Gasteiger partial charge in [0.05, 0.1) is 6.04 Å². The molecular weight excluding hydrogens is 174 g/mol. The highest BCUT2D eigenvalue weighted by atomic mass is 15.0. The molecular formula is C11H21N3. The van der Waals surface area contributed by atoms with Crippen molar-refractivity contribution in [3.63, 3.8) is 0 Å². The van der Waals surface area contributed by atoms with Gasteiger partial charge in [-0.15, -0.1) is 0 Å². The highest BCUT2D eigenvalue weighted by Crippen LogP contribution is 2.13. The Morgan fingerprint density at radius 2 is 2.21 bits per heavy atom. The lowest BCUT2D eigenvalue weighted by molar-refractivity contribution is 0.579. The quantitative estimate of drug-likeness (QED) is 0.733. The molecule has 1 aromatic heterocycles. The molecule has 3 heteroatoms. The molecule has 0 saturated carbocycles. The molecule has 14 heavy (non-hydrogen) atoms. The van der Waals surface area contributed by atoms with Crippen molar-refractivity contribution in [2.24, 2.45) is 5.73 Å². The third-order valence-electron chi connectivity index (χ3n) is 2.39. The standard InChI is InChI=1S/C11H21N3/c1-3-5-7-10(12)11-13-8-9(14-11)6-4-2/h8,10H,3-7,12H2,1-2H3,(H,13,14). The maximum absolute atomic E-state index is 6.00. The van der Waals surface area contributed by atoms with Crippen molar-refractivity contribution < 1.29 is 0 Å². The van der Waals surface area contributed by atoms with E-state index in [-0.39, 0.29) is 6.04 Å². The molecule has 0 saturated heterocycles. The highest BCUT2D eigenvalue weighted by Gasteiger charge is 2.08. The number of aromatic nitrogens is 2. The van der Waals surface area contributed by atoms with Crippen molar-refractivity contribution in [2.45, 2.75) is 52.0 Å². The lowest BCUT2D eigenvalue weighted by Crippen LogP contribution is -2.11. The summed E-state index contributed by atoms with van der Waals surface area (Å²) in [5.74, 6) is 0.946. The SMILES string of the molecule is CCCCC(N)c1ncc(CCC)[nH]1. The molecule has 1 atom stereocenters. The molecule has 1 rings (SSSR count). The maximum atomic E-state index is 6.00. The number of nitrogens with two attached hydrogens (primary N) is 1. The largest absolute Gasteiger partial charge is 0.345 e. The molecule has 80 valence electrons. The second-order valence-electron chi connectivity index (χ2n) is 3.79. The first-order valence-corrected chi connectivity index (χ1v) is 5.57. The molecule has 0 radical (unpaired) electrons. The summed E-state index contributed by atoms with van der Waals surface area (Å²) in [6.07, 6.45) is 7.50. The second-order valence-corrected chi connectivity index (χ2v) is 3.79. The average molecular weight is 195 g/mol. The maximum Gasteiger partial charge on any atom is 0.123 e. The molecule has 1 heterocycles. The van der Waals surface area contributed by atoms with E-state index in [1.807, 2.05) is 6.20 Å². The van der Waals surface area contributed by atoms with E-state index in [9.17, 15) is 0 Å². The van der Waals surface area contributed by atoms with Crippen LogP contribution in [0.25, 0.3) is 0 Å². The predicted octanol–water partition coefficient (Wildman–Crippen LogP) is 2.55. The summed E-state index contributed by atoms with van der Waals surface area (Å²) in [5.41, 5.74) is 7.20. The summed E-state index contributed by atoms with van der Waals surface area (Å²) in [5, 5.41) is 0. The van der Waals surface area contributed by atoms with Gasteiger partial charge in [0.1, 0.15) is 5.82 Å². The Morgan fingerprint density at radius 1 is 1.43 bits per heavy atom. The number of hydrogen-bond donors (Lipinski definition) is 2. The summed E-state index contributed by atoms with van der Waals surface area (Å²) in [6, 6.07) is 0.0838. The van der Waals surface area contributed by atoms with Gasteiger partial charge in [0.2, 0.25) is 0 Å². The van der Waals surface area contributed by atoms with Crippen LogP contribution in [-0.4, -0.2) is 9.97 Å². The van der Waals surface area contributed by atoms with Crippen LogP contribution < -0.4 is 5.73 Å². The van der Waals surface area contributed by atoms with Crippen molar-refractivity contribution >= 4 is 0 Å². The number of hydrogen-bond acceptors (Lipinski definition) is 2. The first kappa shape index (κ1) is 11.2. The van der Waals surface area contributed by atoms with Crippen molar-refractivity contribution in [3.8, 4) is 0 Å². The predicted molar refractivity (Wildman–Crippen MR) is 59.0 cm³/mol. The van der Waals surface area contributed by atoms with Crippen molar-refractivity contribution in [1.29, 1.82) is 0 Å². The smallest absolute Gasteiger partial charge is 0.123 e. The van der Waals surface area contributed by atoms with E-state index in [1.165, 1.54) is 18.5 Å². The molecule has 3 N–H and O–H groups in total. The third-order valence-corrected chi connectivity index (χ3v) is 2.39. The Balaban J connectivity index is 2.48. The van der Waals surface area contributed by atoms with Gasteiger partial charge >= 0.3 is 0 Å². The fourth-order valence-corrected chi connectivity index (χ4v) is 1.52. The van der Waals surface area contributed by atoms with Crippen molar-refractivity contribution in [3.05, 3.63) is 17.7 Å².